The molecular formula is C29H24ClN7O. The lowest BCUT2D eigenvalue weighted by molar-refractivity contribution is 0.306. The molecule has 0 aliphatic rings. The number of hydrogen-bond acceptors (Lipinski definition) is 8. The van der Waals surface area contributed by atoms with Gasteiger partial charge in [0.1, 0.15) is 12.4 Å². The van der Waals surface area contributed by atoms with E-state index in [9.17, 15) is 0 Å². The Morgan fingerprint density at radius 3 is 1.87 bits per heavy atom. The Morgan fingerprint density at radius 2 is 1.21 bits per heavy atom. The summed E-state index contributed by atoms with van der Waals surface area (Å²) in [6.45, 7) is 0.342. The number of aromatic nitrogens is 3. The van der Waals surface area contributed by atoms with Gasteiger partial charge in [0, 0.05) is 27.5 Å². The number of halogens is 1. The van der Waals surface area contributed by atoms with Gasteiger partial charge in [-0.3, -0.25) is 0 Å². The van der Waals surface area contributed by atoms with Crippen molar-refractivity contribution in [1.82, 2.24) is 15.0 Å². The van der Waals surface area contributed by atoms with Crippen molar-refractivity contribution in [2.45, 2.75) is 6.61 Å². The van der Waals surface area contributed by atoms with Gasteiger partial charge < -0.3 is 15.4 Å². The van der Waals surface area contributed by atoms with Crippen molar-refractivity contribution in [3.05, 3.63) is 125 Å². The second kappa shape index (κ2) is 12.3. The first-order chi connectivity index (χ1) is 18.7. The Balaban J connectivity index is 1.33. The fraction of sp³-hybridized carbons (Fsp3) is 0.0345. The van der Waals surface area contributed by atoms with Crippen LogP contribution in [0.3, 0.4) is 0 Å². The maximum absolute atomic E-state index is 6.26. The van der Waals surface area contributed by atoms with Crippen LogP contribution in [0.5, 0.6) is 5.75 Å². The number of hydrogen-bond donors (Lipinski definition) is 3. The maximum atomic E-state index is 6.26. The molecule has 0 amide bonds. The molecule has 0 saturated carbocycles. The van der Waals surface area contributed by atoms with Crippen LogP contribution in [0.1, 0.15) is 11.1 Å². The van der Waals surface area contributed by atoms with Gasteiger partial charge in [-0.1, -0.05) is 78.3 Å². The molecule has 0 bridgehead atoms. The van der Waals surface area contributed by atoms with E-state index in [1.807, 2.05) is 109 Å². The van der Waals surface area contributed by atoms with Crippen LogP contribution < -0.4 is 20.8 Å². The van der Waals surface area contributed by atoms with Crippen LogP contribution in [-0.4, -0.2) is 21.2 Å². The quantitative estimate of drug-likeness (QED) is 0.134. The van der Waals surface area contributed by atoms with E-state index < -0.39 is 0 Å². The van der Waals surface area contributed by atoms with E-state index in [1.54, 1.807) is 6.21 Å². The smallest absolute Gasteiger partial charge is 0.250 e. The Hall–Kier alpha value is -4.95. The minimum Gasteiger partial charge on any atom is -0.488 e. The molecule has 4 aromatic carbocycles. The number of benzene rings is 4. The number of para-hydroxylation sites is 3. The van der Waals surface area contributed by atoms with E-state index in [1.165, 1.54) is 0 Å². The highest BCUT2D eigenvalue weighted by molar-refractivity contribution is 6.31. The van der Waals surface area contributed by atoms with Crippen molar-refractivity contribution in [3.63, 3.8) is 0 Å². The molecule has 8 nitrogen and oxygen atoms in total. The zero-order valence-corrected chi connectivity index (χ0v) is 21.0. The summed E-state index contributed by atoms with van der Waals surface area (Å²) in [5.74, 6) is 1.67. The lowest BCUT2D eigenvalue weighted by Gasteiger charge is -2.11. The Labute approximate surface area is 225 Å². The van der Waals surface area contributed by atoms with Crippen LogP contribution in [0.15, 0.2) is 114 Å². The molecule has 1 aromatic heterocycles. The molecular weight excluding hydrogens is 498 g/mol. The number of anilines is 5. The monoisotopic (exact) mass is 521 g/mol. The van der Waals surface area contributed by atoms with Gasteiger partial charge in [-0.15, -0.1) is 0 Å². The van der Waals surface area contributed by atoms with Gasteiger partial charge >= 0.3 is 0 Å². The number of nitrogens with one attached hydrogen (secondary N) is 3. The van der Waals surface area contributed by atoms with Gasteiger partial charge in [0.15, 0.2) is 0 Å². The van der Waals surface area contributed by atoms with Crippen LogP contribution in [0.2, 0.25) is 5.02 Å². The van der Waals surface area contributed by atoms with Crippen LogP contribution >= 0.6 is 11.6 Å². The van der Waals surface area contributed by atoms with Crippen LogP contribution in [0.25, 0.3) is 0 Å². The predicted molar refractivity (Wildman–Crippen MR) is 153 cm³/mol. The molecule has 1 heterocycles. The highest BCUT2D eigenvalue weighted by Gasteiger charge is 2.08. The largest absolute Gasteiger partial charge is 0.488 e. The fourth-order valence-electron chi connectivity index (χ4n) is 3.49. The summed E-state index contributed by atoms with van der Waals surface area (Å²) in [6.07, 6.45) is 1.65. The van der Waals surface area contributed by atoms with Gasteiger partial charge in [0.25, 0.3) is 0 Å². The van der Waals surface area contributed by atoms with Crippen molar-refractivity contribution < 1.29 is 4.74 Å². The highest BCUT2D eigenvalue weighted by atomic mass is 35.5. The second-order valence-corrected chi connectivity index (χ2v) is 8.48. The number of hydrazone groups is 1. The number of rotatable bonds is 10. The average Bonchev–Trinajstić information content (AvgIpc) is 2.94. The summed E-state index contributed by atoms with van der Waals surface area (Å²) >= 11 is 6.26. The molecule has 0 aliphatic carbocycles. The average molecular weight is 522 g/mol. The molecule has 0 radical (unpaired) electrons. The minimum atomic E-state index is 0.266. The van der Waals surface area contributed by atoms with Crippen LogP contribution in [-0.2, 0) is 6.61 Å². The normalized spacial score (nSPS) is 10.8. The molecule has 0 spiro atoms. The van der Waals surface area contributed by atoms with E-state index in [-0.39, 0.29) is 5.95 Å². The molecule has 188 valence electrons. The topological polar surface area (TPSA) is 96.4 Å². The van der Waals surface area contributed by atoms with Gasteiger partial charge in [-0.25, -0.2) is 5.43 Å². The Morgan fingerprint density at radius 1 is 0.658 bits per heavy atom. The van der Waals surface area contributed by atoms with Crippen LogP contribution in [0, 0.1) is 0 Å². The van der Waals surface area contributed by atoms with E-state index in [2.05, 4.69) is 36.1 Å². The standard InChI is InChI=1S/C29H24ClN7O/c30-25-17-9-7-12-22(25)20-38-26-18-10-8-11-21(26)19-31-37-29-35-27(32-23-13-3-1-4-14-23)34-28(36-29)33-24-15-5-2-6-16-24/h1-19H,20H2,(H3,32,33,34,35,36,37). The third kappa shape index (κ3) is 6.83. The molecule has 5 rings (SSSR count). The first kappa shape index (κ1) is 24.7. The molecule has 0 atom stereocenters. The molecule has 0 aliphatic heterocycles. The van der Waals surface area contributed by atoms with Crippen molar-refractivity contribution in [2.24, 2.45) is 5.10 Å². The zero-order valence-electron chi connectivity index (χ0n) is 20.3. The summed E-state index contributed by atoms with van der Waals surface area (Å²) in [5.41, 5.74) is 6.29. The summed E-state index contributed by atoms with van der Waals surface area (Å²) < 4.78 is 6.01. The number of ether oxygens (including phenoxy) is 1. The third-order valence-corrected chi connectivity index (χ3v) is 5.69. The predicted octanol–water partition coefficient (Wildman–Crippen LogP) is 7.04. The highest BCUT2D eigenvalue weighted by Crippen LogP contribution is 2.22. The van der Waals surface area contributed by atoms with Crippen LogP contribution in [0.4, 0.5) is 29.2 Å². The summed E-state index contributed by atoms with van der Waals surface area (Å²) in [4.78, 5) is 13.4. The van der Waals surface area contributed by atoms with Gasteiger partial charge in [0.2, 0.25) is 17.8 Å². The molecule has 3 N–H and O–H groups in total. The summed E-state index contributed by atoms with van der Waals surface area (Å²) in [5, 5.41) is 11.4. The van der Waals surface area contributed by atoms with Crippen molar-refractivity contribution in [3.8, 4) is 5.75 Å². The van der Waals surface area contributed by atoms with Crippen molar-refractivity contribution in [1.29, 1.82) is 0 Å². The maximum Gasteiger partial charge on any atom is 0.250 e. The number of nitrogens with zero attached hydrogens (tertiary/aromatic N) is 4. The molecule has 0 unspecified atom stereocenters. The lowest BCUT2D eigenvalue weighted by atomic mass is 10.2. The van der Waals surface area contributed by atoms with E-state index >= 15 is 0 Å². The van der Waals surface area contributed by atoms with E-state index in [4.69, 9.17) is 16.3 Å². The molecule has 5 aromatic rings. The second-order valence-electron chi connectivity index (χ2n) is 8.08. The summed E-state index contributed by atoms with van der Waals surface area (Å²) in [6, 6.07) is 34.5. The summed E-state index contributed by atoms with van der Waals surface area (Å²) in [7, 11) is 0. The molecule has 9 heteroatoms. The van der Waals surface area contributed by atoms with Crippen molar-refractivity contribution >= 4 is 47.0 Å². The third-order valence-electron chi connectivity index (χ3n) is 5.32. The lowest BCUT2D eigenvalue weighted by Crippen LogP contribution is -2.07. The molecule has 0 fully saturated rings. The van der Waals surface area contributed by atoms with Gasteiger partial charge in [-0.05, 0) is 42.5 Å². The molecule has 38 heavy (non-hydrogen) atoms. The Kier molecular flexibility index (Phi) is 8.03. The van der Waals surface area contributed by atoms with Crippen molar-refractivity contribution in [2.75, 3.05) is 16.1 Å². The molecule has 0 saturated heterocycles. The van der Waals surface area contributed by atoms with Gasteiger partial charge in [-0.2, -0.15) is 20.1 Å². The minimum absolute atomic E-state index is 0.266. The first-order valence-electron chi connectivity index (χ1n) is 11.9. The van der Waals surface area contributed by atoms with E-state index in [0.29, 0.717) is 29.3 Å². The first-order valence-corrected chi connectivity index (χ1v) is 12.3. The zero-order chi connectivity index (χ0) is 26.0. The van der Waals surface area contributed by atoms with E-state index in [0.717, 1.165) is 22.5 Å². The fourth-order valence-corrected chi connectivity index (χ4v) is 3.68. The Bertz CT molecular complexity index is 1450. The van der Waals surface area contributed by atoms with Gasteiger partial charge in [0.05, 0.1) is 6.21 Å². The SMILES string of the molecule is Clc1ccccc1COc1ccccc1C=NNc1nc(Nc2ccccc2)nc(Nc2ccccc2)n1.